The first kappa shape index (κ1) is 22.8. The van der Waals surface area contributed by atoms with Crippen LogP contribution in [-0.4, -0.2) is 38.9 Å². The summed E-state index contributed by atoms with van der Waals surface area (Å²) in [6.07, 6.45) is -11.9. The normalized spacial score (nSPS) is 12.4. The molecule has 0 aliphatic rings. The van der Waals surface area contributed by atoms with Crippen molar-refractivity contribution >= 4 is 45.7 Å². The number of nitrogens with zero attached hydrogens (tertiary/aromatic N) is 1. The van der Waals surface area contributed by atoms with Crippen LogP contribution in [0.4, 0.5) is 22.0 Å². The summed E-state index contributed by atoms with van der Waals surface area (Å²) < 4.78 is 68.0. The number of alkyl halides is 5. The largest absolute Gasteiger partial charge is 0.506 e. The highest BCUT2D eigenvalue weighted by atomic mass is 35.5. The first-order chi connectivity index (χ1) is 14.2. The van der Waals surface area contributed by atoms with Gasteiger partial charge in [0.25, 0.3) is 5.91 Å². The van der Waals surface area contributed by atoms with E-state index in [-0.39, 0.29) is 49.1 Å². The molecule has 0 unspecified atom stereocenters. The SMILES string of the molecule is Cc1c(CC(=O)O)c2cc(O)c(Cl)cc2n1C(=O)c1ccc(OC(F)(F)C(F)(F)F)s1. The number of aliphatic carboxylic acids is 1. The Labute approximate surface area is 179 Å². The van der Waals surface area contributed by atoms with Crippen molar-refractivity contribution in [2.24, 2.45) is 0 Å². The summed E-state index contributed by atoms with van der Waals surface area (Å²) in [7, 11) is 0. The predicted octanol–water partition coefficient (Wildman–Crippen LogP) is 5.22. The number of halogens is 6. The highest BCUT2D eigenvalue weighted by Gasteiger charge is 2.61. The Hall–Kier alpha value is -2.86. The second-order valence-corrected chi connectivity index (χ2v) is 7.78. The summed E-state index contributed by atoms with van der Waals surface area (Å²) >= 11 is 6.15. The molecule has 0 aliphatic carbocycles. The lowest BCUT2D eigenvalue weighted by atomic mass is 10.1. The maximum absolute atomic E-state index is 13.1. The Balaban J connectivity index is 2.08. The van der Waals surface area contributed by atoms with Crippen LogP contribution in [0.15, 0.2) is 24.3 Å². The quantitative estimate of drug-likeness (QED) is 0.486. The first-order valence-corrected chi connectivity index (χ1v) is 9.44. The molecule has 3 rings (SSSR count). The lowest BCUT2D eigenvalue weighted by Gasteiger charge is -2.18. The number of phenols is 1. The minimum atomic E-state index is -5.95. The number of carboxylic acid groups (broad SMARTS) is 1. The number of aromatic nitrogens is 1. The van der Waals surface area contributed by atoms with Crippen molar-refractivity contribution in [1.82, 2.24) is 4.57 Å². The summed E-state index contributed by atoms with van der Waals surface area (Å²) in [5.41, 5.74) is 0.484. The van der Waals surface area contributed by atoms with Gasteiger partial charge in [0.2, 0.25) is 0 Å². The molecule has 2 N–H and O–H groups in total. The average Bonchev–Trinajstić information content (AvgIpc) is 3.18. The molecule has 166 valence electrons. The molecule has 0 aliphatic heterocycles. The molecule has 3 aromatic rings. The number of carbonyl (C=O) groups is 2. The Kier molecular flexibility index (Phi) is 5.65. The maximum Gasteiger partial charge on any atom is 0.499 e. The third-order valence-electron chi connectivity index (χ3n) is 4.29. The van der Waals surface area contributed by atoms with Gasteiger partial charge in [-0.3, -0.25) is 14.2 Å². The van der Waals surface area contributed by atoms with Crippen LogP contribution in [0.3, 0.4) is 0 Å². The molecule has 6 nitrogen and oxygen atoms in total. The van der Waals surface area contributed by atoms with E-state index < -0.39 is 35.6 Å². The molecule has 1 aromatic carbocycles. The number of hydrogen-bond donors (Lipinski definition) is 2. The molecule has 0 radical (unpaired) electrons. The Morgan fingerprint density at radius 3 is 2.42 bits per heavy atom. The van der Waals surface area contributed by atoms with Crippen LogP contribution in [-0.2, 0) is 11.2 Å². The number of rotatable bonds is 5. The zero-order valence-electron chi connectivity index (χ0n) is 15.3. The minimum Gasteiger partial charge on any atom is -0.506 e. The van der Waals surface area contributed by atoms with E-state index in [4.69, 9.17) is 16.7 Å². The monoisotopic (exact) mass is 483 g/mol. The second-order valence-electron chi connectivity index (χ2n) is 6.33. The van der Waals surface area contributed by atoms with E-state index >= 15 is 0 Å². The van der Waals surface area contributed by atoms with Crippen LogP contribution in [0.1, 0.15) is 20.9 Å². The molecule has 0 amide bonds. The summed E-state index contributed by atoms with van der Waals surface area (Å²) in [5.74, 6) is -2.41. The molecule has 2 aromatic heterocycles. The van der Waals surface area contributed by atoms with Gasteiger partial charge in [-0.2, -0.15) is 22.0 Å². The lowest BCUT2D eigenvalue weighted by Crippen LogP contribution is -2.41. The summed E-state index contributed by atoms with van der Waals surface area (Å²) in [6, 6.07) is 4.18. The highest BCUT2D eigenvalue weighted by molar-refractivity contribution is 7.15. The third-order valence-corrected chi connectivity index (χ3v) is 5.54. The zero-order valence-corrected chi connectivity index (χ0v) is 16.8. The van der Waals surface area contributed by atoms with E-state index in [9.17, 15) is 36.6 Å². The van der Waals surface area contributed by atoms with Gasteiger partial charge in [0.05, 0.1) is 21.8 Å². The molecule has 0 fully saturated rings. The van der Waals surface area contributed by atoms with Gasteiger partial charge in [0.1, 0.15) is 5.75 Å². The van der Waals surface area contributed by atoms with Crippen molar-refractivity contribution in [1.29, 1.82) is 0 Å². The maximum atomic E-state index is 13.1. The van der Waals surface area contributed by atoms with E-state index in [0.29, 0.717) is 0 Å². The van der Waals surface area contributed by atoms with Crippen molar-refractivity contribution in [3.8, 4) is 10.8 Å². The van der Waals surface area contributed by atoms with Crippen LogP contribution < -0.4 is 4.74 Å². The Bertz CT molecular complexity index is 1200. The van der Waals surface area contributed by atoms with Gasteiger partial charge in [0, 0.05) is 11.1 Å². The van der Waals surface area contributed by atoms with E-state index in [1.165, 1.54) is 19.1 Å². The van der Waals surface area contributed by atoms with E-state index in [1.54, 1.807) is 0 Å². The predicted molar refractivity (Wildman–Crippen MR) is 100 cm³/mol. The number of benzene rings is 1. The number of carbonyl (C=O) groups excluding carboxylic acids is 1. The minimum absolute atomic E-state index is 0.123. The van der Waals surface area contributed by atoms with Crippen molar-refractivity contribution < 1.29 is 46.5 Å². The summed E-state index contributed by atoms with van der Waals surface area (Å²) in [4.78, 5) is 24.0. The fraction of sp³-hybridized carbons (Fsp3) is 0.222. The molecular formula is C18H11ClF5NO5S. The number of ether oxygens (including phenoxy) is 1. The molecule has 0 bridgehead atoms. The lowest BCUT2D eigenvalue weighted by molar-refractivity contribution is -0.359. The molecule has 31 heavy (non-hydrogen) atoms. The van der Waals surface area contributed by atoms with E-state index in [2.05, 4.69) is 4.74 Å². The van der Waals surface area contributed by atoms with Crippen LogP contribution in [0.5, 0.6) is 10.8 Å². The van der Waals surface area contributed by atoms with Gasteiger partial charge >= 0.3 is 18.3 Å². The van der Waals surface area contributed by atoms with Gasteiger partial charge in [-0.15, -0.1) is 0 Å². The number of fused-ring (bicyclic) bond motifs is 1. The van der Waals surface area contributed by atoms with Gasteiger partial charge in [0.15, 0.2) is 5.06 Å². The number of hydrogen-bond acceptors (Lipinski definition) is 5. The highest BCUT2D eigenvalue weighted by Crippen LogP contribution is 2.40. The molecular weight excluding hydrogens is 473 g/mol. The van der Waals surface area contributed by atoms with Gasteiger partial charge in [-0.1, -0.05) is 22.9 Å². The molecule has 0 atom stereocenters. The molecule has 0 saturated carbocycles. The van der Waals surface area contributed by atoms with E-state index in [1.807, 2.05) is 0 Å². The Morgan fingerprint density at radius 1 is 1.19 bits per heavy atom. The summed E-state index contributed by atoms with van der Waals surface area (Å²) in [5, 5.41) is 18.2. The van der Waals surface area contributed by atoms with Crippen LogP contribution in [0.25, 0.3) is 10.9 Å². The molecule has 13 heteroatoms. The Morgan fingerprint density at radius 2 is 1.84 bits per heavy atom. The topological polar surface area (TPSA) is 88.8 Å². The number of thiophene rings is 1. The number of aromatic hydroxyl groups is 1. The van der Waals surface area contributed by atoms with Gasteiger partial charge in [-0.05, 0) is 36.8 Å². The smallest absolute Gasteiger partial charge is 0.499 e. The van der Waals surface area contributed by atoms with Crippen LogP contribution in [0.2, 0.25) is 5.02 Å². The van der Waals surface area contributed by atoms with Crippen LogP contribution >= 0.6 is 22.9 Å². The molecule has 0 spiro atoms. The van der Waals surface area contributed by atoms with Gasteiger partial charge in [-0.25, -0.2) is 0 Å². The standard InChI is InChI=1S/C18H11ClF5NO5S/c1-7-8(5-14(27)28)9-4-12(26)10(19)6-11(9)25(7)16(29)13-2-3-15(31-13)30-18(23,24)17(20,21)22/h2-4,6,26H,5H2,1H3,(H,27,28). The molecule has 0 saturated heterocycles. The zero-order chi connectivity index (χ0) is 23.3. The summed E-state index contributed by atoms with van der Waals surface area (Å²) in [6.45, 7) is 1.42. The van der Waals surface area contributed by atoms with Crippen molar-refractivity contribution in [3.63, 3.8) is 0 Å². The van der Waals surface area contributed by atoms with Crippen molar-refractivity contribution in [2.75, 3.05) is 0 Å². The number of carboxylic acids is 1. The van der Waals surface area contributed by atoms with Crippen molar-refractivity contribution in [2.45, 2.75) is 25.6 Å². The fourth-order valence-corrected chi connectivity index (χ4v) is 3.88. The second kappa shape index (κ2) is 7.68. The first-order valence-electron chi connectivity index (χ1n) is 8.25. The number of phenolic OH excluding ortho intramolecular Hbond substituents is 1. The van der Waals surface area contributed by atoms with E-state index in [0.717, 1.165) is 16.7 Å². The van der Waals surface area contributed by atoms with Gasteiger partial charge < -0.3 is 14.9 Å². The molecule has 2 heterocycles. The fourth-order valence-electron chi connectivity index (χ4n) is 2.91. The van der Waals surface area contributed by atoms with Crippen molar-refractivity contribution in [3.05, 3.63) is 45.4 Å². The average molecular weight is 484 g/mol. The van der Waals surface area contributed by atoms with Crippen LogP contribution in [0, 0.1) is 6.92 Å². The third kappa shape index (κ3) is 4.17.